The minimum absolute atomic E-state index is 0.0624. The van der Waals surface area contributed by atoms with E-state index in [0.717, 1.165) is 4.90 Å². The van der Waals surface area contributed by atoms with E-state index in [0.29, 0.717) is 20.7 Å². The number of hydrogen-bond donors (Lipinski definition) is 2. The predicted molar refractivity (Wildman–Crippen MR) is 91.9 cm³/mol. The number of methoxy groups -OCH3 is 1. The Kier molecular flexibility index (Phi) is 5.37. The predicted octanol–water partition coefficient (Wildman–Crippen LogP) is 2.45. The zero-order valence-corrected chi connectivity index (χ0v) is 15.6. The molecule has 3 N–H and O–H groups in total. The molecule has 2 rings (SSSR count). The summed E-state index contributed by atoms with van der Waals surface area (Å²) in [5.74, 6) is -1.43. The minimum atomic E-state index is -0.790. The lowest BCUT2D eigenvalue weighted by Gasteiger charge is -2.11. The number of phenols is 1. The molecule has 0 radical (unpaired) electrons. The van der Waals surface area contributed by atoms with Crippen LogP contribution in [0.5, 0.6) is 11.5 Å². The fourth-order valence-electron chi connectivity index (χ4n) is 1.82. The number of nitrogens with zero attached hydrogens (tertiary/aromatic N) is 1. The summed E-state index contributed by atoms with van der Waals surface area (Å²) < 4.78 is 6.12. The lowest BCUT2D eigenvalue weighted by Crippen LogP contribution is -2.36. The second-order valence-electron chi connectivity index (χ2n) is 4.37. The number of thioether (sulfide) groups is 1. The number of halogens is 2. The number of aromatic hydroxyl groups is 1. The molecule has 1 aliphatic rings. The molecule has 1 aromatic rings. The summed E-state index contributed by atoms with van der Waals surface area (Å²) in [5, 5.41) is 9.60. The highest BCUT2D eigenvalue weighted by Crippen LogP contribution is 2.43. The Balaban J connectivity index is 2.48. The van der Waals surface area contributed by atoms with Gasteiger partial charge in [-0.1, -0.05) is 0 Å². The van der Waals surface area contributed by atoms with Gasteiger partial charge in [-0.05, 0) is 55.8 Å². The van der Waals surface area contributed by atoms with Gasteiger partial charge >= 0.3 is 0 Å². The van der Waals surface area contributed by atoms with Gasteiger partial charge in [-0.3, -0.25) is 19.3 Å². The zero-order chi connectivity index (χ0) is 17.3. The van der Waals surface area contributed by atoms with Gasteiger partial charge in [0.05, 0.1) is 12.0 Å². The van der Waals surface area contributed by atoms with Gasteiger partial charge in [0.25, 0.3) is 11.1 Å². The third kappa shape index (κ3) is 3.54. The average Bonchev–Trinajstić information content (AvgIpc) is 2.74. The van der Waals surface area contributed by atoms with Crippen LogP contribution in [0.15, 0.2) is 19.9 Å². The first kappa shape index (κ1) is 17.8. The monoisotopic (exact) mass is 464 g/mol. The summed E-state index contributed by atoms with van der Waals surface area (Å²) >= 11 is 7.25. The van der Waals surface area contributed by atoms with Crippen LogP contribution in [0.1, 0.15) is 5.56 Å². The Bertz CT molecular complexity index is 750. The highest BCUT2D eigenvalue weighted by atomic mass is 79.9. The Morgan fingerprint density at radius 1 is 1.48 bits per heavy atom. The smallest absolute Gasteiger partial charge is 0.294 e. The standard InChI is InChI=1S/C13H10Br2N2O5S/c1-22-7-3-6(14)10(15)5(11(7)19)2-8-12(20)17(4-9(16)18)13(21)23-8/h2-3,19H,4H2,1H3,(H2,16,18)/b8-2-. The molecule has 0 spiro atoms. The van der Waals surface area contributed by atoms with Crippen molar-refractivity contribution >= 4 is 66.8 Å². The number of carbonyl (C=O) groups excluding carboxylic acids is 3. The van der Waals surface area contributed by atoms with E-state index in [4.69, 9.17) is 10.5 Å². The third-order valence-corrected chi connectivity index (χ3v) is 5.79. The van der Waals surface area contributed by atoms with Crippen molar-refractivity contribution in [3.8, 4) is 11.5 Å². The molecule has 10 heteroatoms. The lowest BCUT2D eigenvalue weighted by atomic mass is 10.1. The molecular weight excluding hydrogens is 456 g/mol. The molecule has 0 unspecified atom stereocenters. The van der Waals surface area contributed by atoms with Crippen LogP contribution >= 0.6 is 43.6 Å². The van der Waals surface area contributed by atoms with E-state index in [-0.39, 0.29) is 22.0 Å². The molecule has 3 amide bonds. The van der Waals surface area contributed by atoms with Gasteiger partial charge < -0.3 is 15.6 Å². The molecule has 0 aromatic heterocycles. The number of hydrogen-bond acceptors (Lipinski definition) is 6. The van der Waals surface area contributed by atoms with Crippen LogP contribution in [0.25, 0.3) is 6.08 Å². The molecule has 1 aromatic carbocycles. The lowest BCUT2D eigenvalue weighted by molar-refractivity contribution is -0.127. The van der Waals surface area contributed by atoms with Crippen molar-refractivity contribution in [1.82, 2.24) is 4.90 Å². The minimum Gasteiger partial charge on any atom is -0.504 e. The van der Waals surface area contributed by atoms with Crippen LogP contribution in [0.4, 0.5) is 4.79 Å². The SMILES string of the molecule is COc1cc(Br)c(Br)c(/C=C2\SC(=O)N(CC(N)=O)C2=O)c1O. The van der Waals surface area contributed by atoms with Crippen LogP contribution in [-0.4, -0.2) is 40.7 Å². The molecule has 23 heavy (non-hydrogen) atoms. The van der Waals surface area contributed by atoms with Crippen LogP contribution < -0.4 is 10.5 Å². The topological polar surface area (TPSA) is 110 Å². The summed E-state index contributed by atoms with van der Waals surface area (Å²) in [7, 11) is 1.39. The Labute approximate surface area is 152 Å². The Morgan fingerprint density at radius 2 is 2.13 bits per heavy atom. The summed E-state index contributed by atoms with van der Waals surface area (Å²) in [6, 6.07) is 1.55. The molecule has 0 saturated carbocycles. The van der Waals surface area contributed by atoms with Crippen LogP contribution in [0.3, 0.4) is 0 Å². The Hall–Kier alpha value is -1.52. The number of amides is 3. The first-order valence-electron chi connectivity index (χ1n) is 6.04. The number of ether oxygens (including phenoxy) is 1. The summed E-state index contributed by atoms with van der Waals surface area (Å²) in [4.78, 5) is 35.7. The fraction of sp³-hybridized carbons (Fsp3) is 0.154. The maximum Gasteiger partial charge on any atom is 0.294 e. The number of phenolic OH excluding ortho intramolecular Hbond substituents is 1. The van der Waals surface area contributed by atoms with Gasteiger partial charge in [0.1, 0.15) is 6.54 Å². The molecule has 7 nitrogen and oxygen atoms in total. The molecular formula is C13H10Br2N2O5S. The van der Waals surface area contributed by atoms with Gasteiger partial charge in [0.2, 0.25) is 5.91 Å². The quantitative estimate of drug-likeness (QED) is 0.661. The second-order valence-corrected chi connectivity index (χ2v) is 7.01. The van der Waals surface area contributed by atoms with Crippen molar-refractivity contribution in [2.45, 2.75) is 0 Å². The third-order valence-electron chi connectivity index (χ3n) is 2.88. The van der Waals surface area contributed by atoms with Crippen LogP contribution in [-0.2, 0) is 9.59 Å². The Morgan fingerprint density at radius 3 is 2.70 bits per heavy atom. The van der Waals surface area contributed by atoms with Crippen molar-refractivity contribution in [1.29, 1.82) is 0 Å². The molecule has 1 saturated heterocycles. The first-order valence-corrected chi connectivity index (χ1v) is 8.45. The number of rotatable bonds is 4. The van der Waals surface area contributed by atoms with Gasteiger partial charge in [-0.2, -0.15) is 0 Å². The number of nitrogens with two attached hydrogens (primary N) is 1. The van der Waals surface area contributed by atoms with E-state index < -0.39 is 23.6 Å². The highest BCUT2D eigenvalue weighted by molar-refractivity contribution is 9.13. The molecule has 0 atom stereocenters. The molecule has 122 valence electrons. The average molecular weight is 466 g/mol. The normalized spacial score (nSPS) is 16.3. The highest BCUT2D eigenvalue weighted by Gasteiger charge is 2.36. The number of carbonyl (C=O) groups is 3. The molecule has 1 fully saturated rings. The van der Waals surface area contributed by atoms with Gasteiger partial charge in [0, 0.05) is 14.5 Å². The van der Waals surface area contributed by atoms with Crippen molar-refractivity contribution in [3.05, 3.63) is 25.5 Å². The largest absolute Gasteiger partial charge is 0.504 e. The maximum atomic E-state index is 12.2. The fourth-order valence-corrected chi connectivity index (χ4v) is 3.48. The van der Waals surface area contributed by atoms with Crippen LogP contribution in [0.2, 0.25) is 0 Å². The summed E-state index contributed by atoms with van der Waals surface area (Å²) in [6.45, 7) is -0.489. The van der Waals surface area contributed by atoms with E-state index in [1.807, 2.05) is 0 Å². The van der Waals surface area contributed by atoms with Gasteiger partial charge in [-0.25, -0.2) is 0 Å². The maximum absolute atomic E-state index is 12.2. The van der Waals surface area contributed by atoms with Crippen molar-refractivity contribution < 1.29 is 24.2 Å². The molecule has 1 aliphatic heterocycles. The molecule has 0 bridgehead atoms. The van der Waals surface area contributed by atoms with E-state index in [1.165, 1.54) is 13.2 Å². The zero-order valence-electron chi connectivity index (χ0n) is 11.6. The molecule has 1 heterocycles. The number of benzene rings is 1. The number of imide groups is 1. The first-order chi connectivity index (χ1) is 10.8. The van der Waals surface area contributed by atoms with Gasteiger partial charge in [0.15, 0.2) is 11.5 Å². The van der Waals surface area contributed by atoms with Crippen molar-refractivity contribution in [2.24, 2.45) is 5.73 Å². The van der Waals surface area contributed by atoms with Crippen molar-refractivity contribution in [2.75, 3.05) is 13.7 Å². The second kappa shape index (κ2) is 6.93. The van der Waals surface area contributed by atoms with E-state index >= 15 is 0 Å². The molecule has 0 aliphatic carbocycles. The van der Waals surface area contributed by atoms with E-state index in [2.05, 4.69) is 31.9 Å². The van der Waals surface area contributed by atoms with Crippen molar-refractivity contribution in [3.63, 3.8) is 0 Å². The van der Waals surface area contributed by atoms with E-state index in [1.54, 1.807) is 6.07 Å². The van der Waals surface area contributed by atoms with E-state index in [9.17, 15) is 19.5 Å². The van der Waals surface area contributed by atoms with Crippen LogP contribution in [0, 0.1) is 0 Å². The number of primary amides is 1. The summed E-state index contributed by atoms with van der Waals surface area (Å²) in [5.41, 5.74) is 5.28. The summed E-state index contributed by atoms with van der Waals surface area (Å²) in [6.07, 6.45) is 1.35. The van der Waals surface area contributed by atoms with Gasteiger partial charge in [-0.15, -0.1) is 0 Å².